The minimum absolute atomic E-state index is 0.0520. The van der Waals surface area contributed by atoms with Crippen molar-refractivity contribution < 1.29 is 19.2 Å². The number of aromatic nitrogens is 1. The van der Waals surface area contributed by atoms with Crippen LogP contribution in [0.25, 0.3) is 0 Å². The number of aromatic carboxylic acids is 1. The Morgan fingerprint density at radius 2 is 2.28 bits per heavy atom. The van der Waals surface area contributed by atoms with E-state index in [2.05, 4.69) is 21.1 Å². The largest absolute Gasteiger partial charge is 0.484 e. The lowest BCUT2D eigenvalue weighted by atomic mass is 10.3. The fourth-order valence-corrected chi connectivity index (χ4v) is 1.73. The van der Waals surface area contributed by atoms with Crippen LogP contribution in [0.4, 0.5) is 0 Å². The molecular formula is C11H7BrClNO4. The van der Waals surface area contributed by atoms with Crippen molar-refractivity contribution >= 4 is 33.5 Å². The maximum absolute atomic E-state index is 10.6. The number of halogens is 2. The Labute approximate surface area is 115 Å². The first-order valence-electron chi connectivity index (χ1n) is 4.83. The van der Waals surface area contributed by atoms with Gasteiger partial charge in [0.2, 0.25) is 0 Å². The van der Waals surface area contributed by atoms with Crippen LogP contribution in [0.5, 0.6) is 5.75 Å². The second kappa shape index (κ2) is 5.41. The van der Waals surface area contributed by atoms with Crippen LogP contribution in [0, 0.1) is 0 Å². The Hall–Kier alpha value is -1.53. The van der Waals surface area contributed by atoms with Crippen LogP contribution in [-0.2, 0) is 6.61 Å². The number of rotatable bonds is 4. The molecule has 0 aliphatic carbocycles. The number of nitrogens with zero attached hydrogens (tertiary/aromatic N) is 1. The summed E-state index contributed by atoms with van der Waals surface area (Å²) in [5.74, 6) is -0.367. The van der Waals surface area contributed by atoms with Gasteiger partial charge in [-0.05, 0) is 18.2 Å². The van der Waals surface area contributed by atoms with E-state index < -0.39 is 5.97 Å². The smallest absolute Gasteiger partial charge is 0.358 e. The van der Waals surface area contributed by atoms with Crippen molar-refractivity contribution in [3.8, 4) is 5.75 Å². The zero-order chi connectivity index (χ0) is 13.1. The van der Waals surface area contributed by atoms with Crippen LogP contribution in [0.2, 0.25) is 5.02 Å². The molecule has 2 aromatic rings. The zero-order valence-electron chi connectivity index (χ0n) is 8.89. The molecule has 7 heteroatoms. The van der Waals surface area contributed by atoms with E-state index in [-0.39, 0.29) is 12.3 Å². The first-order valence-corrected chi connectivity index (χ1v) is 6.00. The minimum Gasteiger partial charge on any atom is -0.484 e. The molecule has 1 aromatic carbocycles. The van der Waals surface area contributed by atoms with E-state index in [1.807, 2.05) is 0 Å². The monoisotopic (exact) mass is 331 g/mol. The maximum Gasteiger partial charge on any atom is 0.358 e. The van der Waals surface area contributed by atoms with E-state index in [0.717, 1.165) is 4.47 Å². The maximum atomic E-state index is 10.6. The fraction of sp³-hybridized carbons (Fsp3) is 0.0909. The van der Waals surface area contributed by atoms with Gasteiger partial charge in [-0.1, -0.05) is 32.7 Å². The second-order valence-corrected chi connectivity index (χ2v) is 4.67. The number of carbonyl (C=O) groups is 1. The highest BCUT2D eigenvalue weighted by atomic mass is 79.9. The molecule has 0 saturated carbocycles. The molecule has 0 spiro atoms. The SMILES string of the molecule is O=C(O)c1cc(COc2cc(Br)ccc2Cl)on1. The first kappa shape index (κ1) is 12.9. The summed E-state index contributed by atoms with van der Waals surface area (Å²) < 4.78 is 11.0. The normalized spacial score (nSPS) is 10.3. The van der Waals surface area contributed by atoms with Crippen molar-refractivity contribution in [2.75, 3.05) is 0 Å². The van der Waals surface area contributed by atoms with Crippen molar-refractivity contribution in [3.05, 3.63) is 45.2 Å². The van der Waals surface area contributed by atoms with Crippen molar-refractivity contribution in [2.24, 2.45) is 0 Å². The second-order valence-electron chi connectivity index (χ2n) is 3.35. The lowest BCUT2D eigenvalue weighted by Crippen LogP contribution is -1.96. The van der Waals surface area contributed by atoms with Gasteiger partial charge in [0.15, 0.2) is 11.5 Å². The number of carboxylic acids is 1. The molecule has 1 aromatic heterocycles. The molecule has 0 bridgehead atoms. The summed E-state index contributed by atoms with van der Waals surface area (Å²) in [7, 11) is 0. The quantitative estimate of drug-likeness (QED) is 0.929. The van der Waals surface area contributed by atoms with Gasteiger partial charge in [-0.15, -0.1) is 0 Å². The van der Waals surface area contributed by atoms with Crippen LogP contribution >= 0.6 is 27.5 Å². The Morgan fingerprint density at radius 1 is 1.50 bits per heavy atom. The van der Waals surface area contributed by atoms with E-state index >= 15 is 0 Å². The Balaban J connectivity index is 2.06. The van der Waals surface area contributed by atoms with Gasteiger partial charge in [0.25, 0.3) is 0 Å². The number of benzene rings is 1. The van der Waals surface area contributed by atoms with Crippen LogP contribution in [0.3, 0.4) is 0 Å². The molecule has 0 amide bonds. The van der Waals surface area contributed by atoms with Crippen molar-refractivity contribution in [1.82, 2.24) is 5.16 Å². The minimum atomic E-state index is -1.15. The van der Waals surface area contributed by atoms with E-state index in [1.165, 1.54) is 6.07 Å². The van der Waals surface area contributed by atoms with Crippen molar-refractivity contribution in [3.63, 3.8) is 0 Å². The summed E-state index contributed by atoms with van der Waals surface area (Å²) in [5.41, 5.74) is -0.158. The van der Waals surface area contributed by atoms with Gasteiger partial charge in [-0.2, -0.15) is 0 Å². The third-order valence-electron chi connectivity index (χ3n) is 2.04. The number of ether oxygens (including phenoxy) is 1. The highest BCUT2D eigenvalue weighted by Crippen LogP contribution is 2.28. The van der Waals surface area contributed by atoms with E-state index in [0.29, 0.717) is 16.5 Å². The van der Waals surface area contributed by atoms with Gasteiger partial charge >= 0.3 is 5.97 Å². The summed E-state index contributed by atoms with van der Waals surface area (Å²) >= 11 is 9.23. The molecular weight excluding hydrogens is 325 g/mol. The highest BCUT2D eigenvalue weighted by Gasteiger charge is 2.11. The van der Waals surface area contributed by atoms with Gasteiger partial charge in [-0.25, -0.2) is 4.79 Å². The van der Waals surface area contributed by atoms with Crippen LogP contribution in [0.1, 0.15) is 16.2 Å². The van der Waals surface area contributed by atoms with Crippen molar-refractivity contribution in [1.29, 1.82) is 0 Å². The van der Waals surface area contributed by atoms with Gasteiger partial charge in [-0.3, -0.25) is 0 Å². The van der Waals surface area contributed by atoms with E-state index in [1.54, 1.807) is 18.2 Å². The standard InChI is InChI=1S/C11H7BrClNO4/c12-6-1-2-8(13)10(3-6)17-5-7-4-9(11(15)16)14-18-7/h1-4H,5H2,(H,15,16). The van der Waals surface area contributed by atoms with Crippen LogP contribution in [0.15, 0.2) is 33.3 Å². The van der Waals surface area contributed by atoms with E-state index in [4.69, 9.17) is 26.0 Å². The lowest BCUT2D eigenvalue weighted by molar-refractivity contribution is 0.0685. The lowest BCUT2D eigenvalue weighted by Gasteiger charge is -2.05. The molecule has 0 aliphatic heterocycles. The molecule has 18 heavy (non-hydrogen) atoms. The molecule has 0 fully saturated rings. The Kier molecular flexibility index (Phi) is 3.88. The third kappa shape index (κ3) is 3.02. The summed E-state index contributed by atoms with van der Waals surface area (Å²) in [4.78, 5) is 10.6. The van der Waals surface area contributed by atoms with Crippen molar-refractivity contribution in [2.45, 2.75) is 6.61 Å². The Bertz CT molecular complexity index is 584. The molecule has 1 N–H and O–H groups in total. The molecule has 94 valence electrons. The van der Waals surface area contributed by atoms with Crippen LogP contribution in [-0.4, -0.2) is 16.2 Å². The summed E-state index contributed by atoms with van der Waals surface area (Å²) in [5, 5.41) is 12.5. The van der Waals surface area contributed by atoms with Crippen LogP contribution < -0.4 is 4.74 Å². The molecule has 5 nitrogen and oxygen atoms in total. The molecule has 0 aliphatic rings. The molecule has 0 unspecified atom stereocenters. The number of hydrogen-bond donors (Lipinski definition) is 1. The third-order valence-corrected chi connectivity index (χ3v) is 2.85. The molecule has 1 heterocycles. The van der Waals surface area contributed by atoms with E-state index in [9.17, 15) is 4.79 Å². The highest BCUT2D eigenvalue weighted by molar-refractivity contribution is 9.10. The summed E-state index contributed by atoms with van der Waals surface area (Å²) in [6.45, 7) is 0.0520. The molecule has 0 atom stereocenters. The van der Waals surface area contributed by atoms with Gasteiger partial charge in [0, 0.05) is 10.5 Å². The Morgan fingerprint density at radius 3 is 2.94 bits per heavy atom. The average molecular weight is 333 g/mol. The topological polar surface area (TPSA) is 72.6 Å². The summed E-state index contributed by atoms with van der Waals surface area (Å²) in [6, 6.07) is 6.47. The van der Waals surface area contributed by atoms with Gasteiger partial charge < -0.3 is 14.4 Å². The summed E-state index contributed by atoms with van der Waals surface area (Å²) in [6.07, 6.45) is 0. The predicted molar refractivity (Wildman–Crippen MR) is 66.9 cm³/mol. The molecule has 2 rings (SSSR count). The zero-order valence-corrected chi connectivity index (χ0v) is 11.2. The number of carboxylic acid groups (broad SMARTS) is 1. The van der Waals surface area contributed by atoms with Gasteiger partial charge in [0.1, 0.15) is 12.4 Å². The fourth-order valence-electron chi connectivity index (χ4n) is 1.22. The predicted octanol–water partition coefficient (Wildman–Crippen LogP) is 3.37. The van der Waals surface area contributed by atoms with Gasteiger partial charge in [0.05, 0.1) is 5.02 Å². The first-order chi connectivity index (χ1) is 8.56. The molecule has 0 radical (unpaired) electrons. The average Bonchev–Trinajstić information content (AvgIpc) is 2.79. The molecule has 0 saturated heterocycles. The number of hydrogen-bond acceptors (Lipinski definition) is 4.